The van der Waals surface area contributed by atoms with Gasteiger partial charge in [-0.1, -0.05) is 0 Å². The molecule has 2 fully saturated rings. The summed E-state index contributed by atoms with van der Waals surface area (Å²) in [5, 5.41) is 4.15. The number of methoxy groups -OCH3 is 1. The molecule has 0 spiro atoms. The molecule has 2 amide bonds. The third kappa shape index (κ3) is 5.88. The zero-order valence-electron chi connectivity index (χ0n) is 19.3. The van der Waals surface area contributed by atoms with E-state index in [4.69, 9.17) is 26.4 Å². The number of hydrogen-bond donors (Lipinski definition) is 2. The van der Waals surface area contributed by atoms with E-state index in [1.54, 1.807) is 18.3 Å². The number of benzene rings is 1. The van der Waals surface area contributed by atoms with Crippen molar-refractivity contribution >= 4 is 41.0 Å². The van der Waals surface area contributed by atoms with Gasteiger partial charge in [0.15, 0.2) is 17.4 Å². The first-order valence-electron chi connectivity index (χ1n) is 11.0. The number of cyclic esters (lactones) is 1. The number of aromatic nitrogens is 1. The van der Waals surface area contributed by atoms with Crippen LogP contribution in [0.4, 0.5) is 29.7 Å². The molecule has 0 bridgehead atoms. The van der Waals surface area contributed by atoms with Crippen LogP contribution in [-0.2, 0) is 9.47 Å². The average Bonchev–Trinajstić information content (AvgIpc) is 3.07. The lowest BCUT2D eigenvalue weighted by Gasteiger charge is -2.25. The monoisotopic (exact) mass is 522 g/mol. The fraction of sp³-hybridized carbons (Fsp3) is 0.364. The van der Waals surface area contributed by atoms with Crippen molar-refractivity contribution in [1.82, 2.24) is 20.7 Å². The average molecular weight is 523 g/mol. The van der Waals surface area contributed by atoms with Gasteiger partial charge in [0.05, 0.1) is 38.6 Å². The highest BCUT2D eigenvalue weighted by atomic mass is 32.1. The quantitative estimate of drug-likeness (QED) is 0.567. The standard InChI is InChI=1S/C22H24F2N6O5S/c1-33-20(36)26-12-16-13-29(21(31)35-16)14-9-17(23)19(18(24)10-14)28-6-5-27-30(8-7-28)22(32)34-15-3-2-4-25-11-15/h2-4,9-11,16,27H,5-8,12-13H2,1H3,(H,26,36)/t16-/m0/s1. The van der Waals surface area contributed by atoms with Gasteiger partial charge in [0.25, 0.3) is 5.17 Å². The van der Waals surface area contributed by atoms with Crippen LogP contribution >= 0.6 is 12.2 Å². The summed E-state index contributed by atoms with van der Waals surface area (Å²) in [5.74, 6) is -1.41. The predicted octanol–water partition coefficient (Wildman–Crippen LogP) is 2.03. The Morgan fingerprint density at radius 1 is 1.31 bits per heavy atom. The normalized spacial score (nSPS) is 17.9. The number of halogens is 2. The first kappa shape index (κ1) is 25.3. The Morgan fingerprint density at radius 2 is 2.08 bits per heavy atom. The summed E-state index contributed by atoms with van der Waals surface area (Å²) < 4.78 is 45.5. The molecule has 2 aromatic rings. The number of thiocarbonyl (C=S) groups is 1. The summed E-state index contributed by atoms with van der Waals surface area (Å²) in [4.78, 5) is 31.2. The lowest BCUT2D eigenvalue weighted by Crippen LogP contribution is -2.45. The van der Waals surface area contributed by atoms with E-state index in [-0.39, 0.29) is 61.6 Å². The van der Waals surface area contributed by atoms with Gasteiger partial charge in [0, 0.05) is 38.0 Å². The summed E-state index contributed by atoms with van der Waals surface area (Å²) in [7, 11) is 1.40. The second kappa shape index (κ2) is 11.3. The van der Waals surface area contributed by atoms with Crippen molar-refractivity contribution in [2.24, 2.45) is 0 Å². The van der Waals surface area contributed by atoms with Crippen LogP contribution < -0.4 is 25.3 Å². The van der Waals surface area contributed by atoms with Crippen molar-refractivity contribution in [3.8, 4) is 5.75 Å². The van der Waals surface area contributed by atoms with E-state index in [0.29, 0.717) is 0 Å². The topological polar surface area (TPSA) is 109 Å². The molecule has 4 rings (SSSR count). The Bertz CT molecular complexity index is 1100. The van der Waals surface area contributed by atoms with E-state index in [2.05, 4.69) is 15.7 Å². The minimum atomic E-state index is -0.841. The molecule has 1 aromatic carbocycles. The van der Waals surface area contributed by atoms with Gasteiger partial charge in [-0.3, -0.25) is 9.88 Å². The van der Waals surface area contributed by atoms with Crippen LogP contribution in [0.1, 0.15) is 0 Å². The SMILES string of the molecule is COC(=S)NC[C@H]1CN(c2cc(F)c(N3CCNN(C(=O)Oc4cccnc4)CC3)c(F)c2)C(=O)O1. The van der Waals surface area contributed by atoms with Crippen molar-refractivity contribution in [3.63, 3.8) is 0 Å². The number of carbonyl (C=O) groups excluding carboxylic acids is 2. The fourth-order valence-corrected chi connectivity index (χ4v) is 3.88. The Kier molecular flexibility index (Phi) is 7.95. The number of carbonyl (C=O) groups is 2. The molecule has 1 atom stereocenters. The second-order valence-corrected chi connectivity index (χ2v) is 8.22. The van der Waals surface area contributed by atoms with Crippen LogP contribution in [0.25, 0.3) is 0 Å². The van der Waals surface area contributed by atoms with Crippen LogP contribution in [0, 0.1) is 11.6 Å². The molecule has 2 aliphatic rings. The summed E-state index contributed by atoms with van der Waals surface area (Å²) in [6.07, 6.45) is 0.986. The lowest BCUT2D eigenvalue weighted by atomic mass is 10.2. The van der Waals surface area contributed by atoms with Gasteiger partial charge >= 0.3 is 12.2 Å². The van der Waals surface area contributed by atoms with Crippen molar-refractivity contribution in [1.29, 1.82) is 0 Å². The molecule has 14 heteroatoms. The summed E-state index contributed by atoms with van der Waals surface area (Å²) in [6, 6.07) is 5.39. The number of rotatable bonds is 5. The maximum Gasteiger partial charge on any atom is 0.429 e. The van der Waals surface area contributed by atoms with Crippen LogP contribution in [0.15, 0.2) is 36.7 Å². The second-order valence-electron chi connectivity index (χ2n) is 7.85. The Morgan fingerprint density at radius 3 is 2.78 bits per heavy atom. The first-order valence-corrected chi connectivity index (χ1v) is 11.4. The van der Waals surface area contributed by atoms with Crippen molar-refractivity contribution in [2.75, 3.05) is 56.2 Å². The molecular formula is C22H24F2N6O5S. The lowest BCUT2D eigenvalue weighted by molar-refractivity contribution is 0.133. The molecule has 0 radical (unpaired) electrons. The third-order valence-corrected chi connectivity index (χ3v) is 5.81. The number of pyridine rings is 1. The van der Waals surface area contributed by atoms with Crippen LogP contribution in [0.2, 0.25) is 0 Å². The van der Waals surface area contributed by atoms with Gasteiger partial charge < -0.3 is 24.4 Å². The summed E-state index contributed by atoms with van der Waals surface area (Å²) in [5.41, 5.74) is 2.67. The number of nitrogens with zero attached hydrogens (tertiary/aromatic N) is 4. The molecule has 3 heterocycles. The van der Waals surface area contributed by atoms with E-state index < -0.39 is 29.9 Å². The van der Waals surface area contributed by atoms with Crippen LogP contribution in [-0.4, -0.2) is 79.8 Å². The van der Waals surface area contributed by atoms with Crippen molar-refractivity contribution in [3.05, 3.63) is 48.3 Å². The van der Waals surface area contributed by atoms with Gasteiger partial charge in [-0.15, -0.1) is 0 Å². The minimum absolute atomic E-state index is 0.0326. The minimum Gasteiger partial charge on any atom is -0.474 e. The van der Waals surface area contributed by atoms with Gasteiger partial charge in [-0.2, -0.15) is 0 Å². The fourth-order valence-electron chi connectivity index (χ4n) is 3.79. The van der Waals surface area contributed by atoms with Gasteiger partial charge in [-0.05, 0) is 24.4 Å². The Labute approximate surface area is 210 Å². The van der Waals surface area contributed by atoms with Gasteiger partial charge in [0.2, 0.25) is 0 Å². The van der Waals surface area contributed by atoms with Crippen LogP contribution in [0.3, 0.4) is 0 Å². The summed E-state index contributed by atoms with van der Waals surface area (Å²) >= 11 is 4.89. The first-order chi connectivity index (χ1) is 17.4. The van der Waals surface area contributed by atoms with Gasteiger partial charge in [-0.25, -0.2) is 28.8 Å². The van der Waals surface area contributed by atoms with Crippen molar-refractivity contribution < 1.29 is 32.6 Å². The molecule has 2 aliphatic heterocycles. The van der Waals surface area contributed by atoms with Crippen LogP contribution in [0.5, 0.6) is 5.75 Å². The molecular weight excluding hydrogens is 498 g/mol. The maximum absolute atomic E-state index is 15.1. The predicted molar refractivity (Wildman–Crippen MR) is 129 cm³/mol. The van der Waals surface area contributed by atoms with Gasteiger partial charge in [0.1, 0.15) is 11.8 Å². The largest absolute Gasteiger partial charge is 0.474 e. The molecule has 11 nitrogen and oxygen atoms in total. The number of hydrogen-bond acceptors (Lipinski definition) is 9. The highest BCUT2D eigenvalue weighted by Crippen LogP contribution is 2.31. The number of hydrazine groups is 1. The zero-order valence-corrected chi connectivity index (χ0v) is 20.1. The molecule has 0 aliphatic carbocycles. The maximum atomic E-state index is 15.1. The molecule has 1 aromatic heterocycles. The third-order valence-electron chi connectivity index (χ3n) is 5.50. The highest BCUT2D eigenvalue weighted by molar-refractivity contribution is 7.80. The molecule has 192 valence electrons. The summed E-state index contributed by atoms with van der Waals surface area (Å²) in [6.45, 7) is 0.982. The molecule has 0 saturated carbocycles. The smallest absolute Gasteiger partial charge is 0.429 e. The molecule has 36 heavy (non-hydrogen) atoms. The van der Waals surface area contributed by atoms with E-state index in [1.165, 1.54) is 23.2 Å². The van der Waals surface area contributed by atoms with Crippen molar-refractivity contribution in [2.45, 2.75) is 6.10 Å². The Hall–Kier alpha value is -3.78. The molecule has 2 saturated heterocycles. The Balaban J connectivity index is 1.40. The highest BCUT2D eigenvalue weighted by Gasteiger charge is 2.34. The number of nitrogens with one attached hydrogen (secondary N) is 2. The molecule has 0 unspecified atom stereocenters. The number of amides is 2. The van der Waals surface area contributed by atoms with E-state index in [0.717, 1.165) is 17.0 Å². The zero-order chi connectivity index (χ0) is 25.7. The molecule has 2 N–H and O–H groups in total. The number of ether oxygens (including phenoxy) is 3. The van der Waals surface area contributed by atoms with E-state index >= 15 is 8.78 Å². The number of anilines is 2. The van der Waals surface area contributed by atoms with E-state index in [1.807, 2.05) is 0 Å². The van der Waals surface area contributed by atoms with E-state index in [9.17, 15) is 9.59 Å².